The van der Waals surface area contributed by atoms with Crippen LogP contribution in [0, 0.1) is 17.8 Å². The molecule has 0 radical (unpaired) electrons. The molecule has 3 N–H and O–H groups in total. The molecule has 0 saturated carbocycles. The van der Waals surface area contributed by atoms with Crippen molar-refractivity contribution in [3.63, 3.8) is 0 Å². The molecule has 3 nitrogen and oxygen atoms in total. The van der Waals surface area contributed by atoms with Gasteiger partial charge in [0.15, 0.2) is 0 Å². The van der Waals surface area contributed by atoms with Gasteiger partial charge in [0.2, 0.25) is 0 Å². The molecule has 3 unspecified atom stereocenters. The second-order valence-corrected chi connectivity index (χ2v) is 8.39. The van der Waals surface area contributed by atoms with E-state index in [0.717, 1.165) is 11.4 Å². The Morgan fingerprint density at radius 3 is 1.88 bits per heavy atom. The fourth-order valence-electron chi connectivity index (χ4n) is 2.90. The van der Waals surface area contributed by atoms with Gasteiger partial charge in [-0.1, -0.05) is 59.3 Å². The zero-order valence-electron chi connectivity index (χ0n) is 17.3. The topological polar surface area (TPSA) is 44.3 Å². The summed E-state index contributed by atoms with van der Waals surface area (Å²) in [5.74, 6) is 1.09. The van der Waals surface area contributed by atoms with Crippen molar-refractivity contribution in [2.45, 2.75) is 73.6 Å². The Hall–Kier alpha value is -1.48. The number of allylic oxidation sites excluding steroid dienone is 1. The summed E-state index contributed by atoms with van der Waals surface area (Å²) in [6.45, 7) is 17.1. The van der Waals surface area contributed by atoms with Crippen molar-refractivity contribution in [3.8, 4) is 0 Å². The van der Waals surface area contributed by atoms with Gasteiger partial charge in [-0.05, 0) is 49.8 Å². The van der Waals surface area contributed by atoms with Gasteiger partial charge >= 0.3 is 0 Å². The lowest BCUT2D eigenvalue weighted by Gasteiger charge is -2.31. The number of benzene rings is 1. The lowest BCUT2D eigenvalue weighted by molar-refractivity contribution is 0.0891. The quantitative estimate of drug-likeness (QED) is 0.514. The molecule has 0 heterocycles. The van der Waals surface area contributed by atoms with E-state index in [2.05, 4.69) is 96.4 Å². The number of aliphatic hydroxyl groups is 1. The van der Waals surface area contributed by atoms with E-state index in [1.165, 1.54) is 5.57 Å². The van der Waals surface area contributed by atoms with E-state index < -0.39 is 0 Å². The minimum absolute atomic E-state index is 0.0360. The molecule has 0 aliphatic heterocycles. The maximum absolute atomic E-state index is 10.5. The minimum Gasteiger partial charge on any atom is -0.391 e. The predicted octanol–water partition coefficient (Wildman–Crippen LogP) is 5.54. The lowest BCUT2D eigenvalue weighted by Crippen LogP contribution is -2.41. The summed E-state index contributed by atoms with van der Waals surface area (Å²) in [5.41, 5.74) is 3.46. The third-order valence-electron chi connectivity index (χ3n) is 4.53. The Morgan fingerprint density at radius 1 is 0.880 bits per heavy atom. The third kappa shape index (κ3) is 7.11. The van der Waals surface area contributed by atoms with Crippen LogP contribution < -0.4 is 10.6 Å². The highest BCUT2D eigenvalue weighted by Crippen LogP contribution is 2.23. The van der Waals surface area contributed by atoms with Crippen molar-refractivity contribution < 1.29 is 5.11 Å². The maximum atomic E-state index is 10.5. The second kappa shape index (κ2) is 9.86. The number of rotatable bonds is 9. The van der Waals surface area contributed by atoms with Crippen molar-refractivity contribution in [3.05, 3.63) is 35.9 Å². The summed E-state index contributed by atoms with van der Waals surface area (Å²) < 4.78 is 0. The van der Waals surface area contributed by atoms with E-state index in [9.17, 15) is 5.11 Å². The molecule has 1 aromatic carbocycles. The highest BCUT2D eigenvalue weighted by molar-refractivity contribution is 5.58. The van der Waals surface area contributed by atoms with E-state index in [1.807, 2.05) is 0 Å². The largest absolute Gasteiger partial charge is 0.391 e. The number of nitrogens with one attached hydrogen (secondary N) is 2. The molecular weight excluding hydrogens is 308 g/mol. The van der Waals surface area contributed by atoms with Gasteiger partial charge in [0.25, 0.3) is 0 Å². The van der Waals surface area contributed by atoms with Crippen molar-refractivity contribution in [1.82, 2.24) is 0 Å². The van der Waals surface area contributed by atoms with Crippen LogP contribution in [-0.4, -0.2) is 23.3 Å². The van der Waals surface area contributed by atoms with Crippen LogP contribution in [0.25, 0.3) is 0 Å². The summed E-state index contributed by atoms with van der Waals surface area (Å²) in [4.78, 5) is 0. The Bertz CT molecular complexity index is 545. The molecule has 25 heavy (non-hydrogen) atoms. The van der Waals surface area contributed by atoms with Crippen molar-refractivity contribution >= 4 is 11.4 Å². The normalized spacial score (nSPS) is 15.2. The Labute approximate surface area is 154 Å². The van der Waals surface area contributed by atoms with Gasteiger partial charge in [-0.25, -0.2) is 0 Å². The summed E-state index contributed by atoms with van der Waals surface area (Å²) >= 11 is 0. The highest BCUT2D eigenvalue weighted by Gasteiger charge is 2.25. The number of hydrogen-bond acceptors (Lipinski definition) is 3. The van der Waals surface area contributed by atoms with E-state index in [-0.39, 0.29) is 18.1 Å². The summed E-state index contributed by atoms with van der Waals surface area (Å²) in [7, 11) is 0. The molecule has 0 saturated heterocycles. The molecule has 1 rings (SSSR count). The van der Waals surface area contributed by atoms with Gasteiger partial charge in [0.05, 0.1) is 12.1 Å². The van der Waals surface area contributed by atoms with E-state index in [0.29, 0.717) is 17.9 Å². The fraction of sp³-hybridized carbons (Fsp3) is 0.636. The molecule has 1 aromatic rings. The van der Waals surface area contributed by atoms with Gasteiger partial charge in [0, 0.05) is 17.4 Å². The van der Waals surface area contributed by atoms with Crippen molar-refractivity contribution in [1.29, 1.82) is 0 Å². The van der Waals surface area contributed by atoms with Crippen LogP contribution in [0.1, 0.15) is 55.4 Å². The van der Waals surface area contributed by atoms with Crippen molar-refractivity contribution in [2.24, 2.45) is 17.8 Å². The standard InChI is InChI=1S/C22H38N2O/c1-14(2)12-20(15(3)4)23-18-10-9-11-19(13-18)24-21(16(5)6)22(25)17(7)8/h9-13,15-17,20-25H,1-8H3. The molecule has 0 amide bonds. The Balaban J connectivity index is 2.94. The Morgan fingerprint density at radius 2 is 1.44 bits per heavy atom. The van der Waals surface area contributed by atoms with Crippen molar-refractivity contribution in [2.75, 3.05) is 10.6 Å². The molecular formula is C22H38N2O. The van der Waals surface area contributed by atoms with Gasteiger partial charge < -0.3 is 15.7 Å². The first-order valence-corrected chi connectivity index (χ1v) is 9.58. The average molecular weight is 347 g/mol. The monoisotopic (exact) mass is 346 g/mol. The zero-order chi connectivity index (χ0) is 19.1. The predicted molar refractivity (Wildman–Crippen MR) is 111 cm³/mol. The molecule has 3 heteroatoms. The van der Waals surface area contributed by atoms with Gasteiger partial charge in [-0.3, -0.25) is 0 Å². The third-order valence-corrected chi connectivity index (χ3v) is 4.53. The molecule has 0 spiro atoms. The van der Waals surface area contributed by atoms with Gasteiger partial charge in [-0.15, -0.1) is 0 Å². The summed E-state index contributed by atoms with van der Waals surface area (Å²) in [6, 6.07) is 8.71. The smallest absolute Gasteiger partial charge is 0.0766 e. The van der Waals surface area contributed by atoms with Gasteiger partial charge in [-0.2, -0.15) is 0 Å². The first kappa shape index (κ1) is 21.6. The van der Waals surface area contributed by atoms with Crippen LogP contribution >= 0.6 is 0 Å². The number of anilines is 2. The first-order chi connectivity index (χ1) is 11.6. The molecule has 142 valence electrons. The number of aliphatic hydroxyl groups excluding tert-OH is 1. The van der Waals surface area contributed by atoms with Crippen LogP contribution in [0.15, 0.2) is 35.9 Å². The molecule has 0 aliphatic rings. The van der Waals surface area contributed by atoms with Crippen LogP contribution in [-0.2, 0) is 0 Å². The average Bonchev–Trinajstić information content (AvgIpc) is 2.50. The minimum atomic E-state index is -0.370. The van der Waals surface area contributed by atoms with E-state index in [1.54, 1.807) is 0 Å². The van der Waals surface area contributed by atoms with Crippen LogP contribution in [0.3, 0.4) is 0 Å². The van der Waals surface area contributed by atoms with Crippen LogP contribution in [0.2, 0.25) is 0 Å². The van der Waals surface area contributed by atoms with Gasteiger partial charge in [0.1, 0.15) is 0 Å². The van der Waals surface area contributed by atoms with Crippen LogP contribution in [0.5, 0.6) is 0 Å². The first-order valence-electron chi connectivity index (χ1n) is 9.58. The second-order valence-electron chi connectivity index (χ2n) is 8.39. The SMILES string of the molecule is CC(C)=CC(Nc1cccc(NC(C(C)C)C(O)C(C)C)c1)C(C)C. The molecule has 0 aliphatic carbocycles. The molecule has 0 bridgehead atoms. The molecule has 3 atom stereocenters. The number of hydrogen-bond donors (Lipinski definition) is 3. The Kier molecular flexibility index (Phi) is 8.51. The van der Waals surface area contributed by atoms with Crippen LogP contribution in [0.4, 0.5) is 11.4 Å². The summed E-state index contributed by atoms with van der Waals surface area (Å²) in [6.07, 6.45) is 1.91. The van der Waals surface area contributed by atoms with E-state index in [4.69, 9.17) is 0 Å². The highest BCUT2D eigenvalue weighted by atomic mass is 16.3. The molecule has 0 fully saturated rings. The zero-order valence-corrected chi connectivity index (χ0v) is 17.3. The molecule has 0 aromatic heterocycles. The maximum Gasteiger partial charge on any atom is 0.0766 e. The summed E-state index contributed by atoms with van der Waals surface area (Å²) in [5, 5.41) is 17.7. The lowest BCUT2D eigenvalue weighted by atomic mass is 9.91. The van der Waals surface area contributed by atoms with E-state index >= 15 is 0 Å². The fourth-order valence-corrected chi connectivity index (χ4v) is 2.90.